The zero-order valence-corrected chi connectivity index (χ0v) is 10.5. The van der Waals surface area contributed by atoms with Crippen molar-refractivity contribution in [2.24, 2.45) is 0 Å². The van der Waals surface area contributed by atoms with Gasteiger partial charge in [0.25, 0.3) is 5.91 Å². The molecule has 2 N–H and O–H groups in total. The monoisotopic (exact) mass is 259 g/mol. The number of benzene rings is 1. The third kappa shape index (κ3) is 3.07. The summed E-state index contributed by atoms with van der Waals surface area (Å²) in [6.07, 6.45) is 3.34. The van der Waals surface area contributed by atoms with Gasteiger partial charge in [-0.3, -0.25) is 9.78 Å². The van der Waals surface area contributed by atoms with E-state index >= 15 is 0 Å². The summed E-state index contributed by atoms with van der Waals surface area (Å²) in [6, 6.07) is 7.43. The summed E-state index contributed by atoms with van der Waals surface area (Å²) in [6.45, 7) is 0.391. The van der Waals surface area contributed by atoms with Crippen molar-refractivity contribution in [3.05, 3.63) is 59.7 Å². The summed E-state index contributed by atoms with van der Waals surface area (Å²) < 4.78 is 13.2. The quantitative estimate of drug-likeness (QED) is 0.858. The van der Waals surface area contributed by atoms with Crippen molar-refractivity contribution in [2.75, 3.05) is 12.8 Å². The number of carbonyl (C=O) groups is 1. The normalized spacial score (nSPS) is 10.2. The van der Waals surface area contributed by atoms with Gasteiger partial charge in [-0.2, -0.15) is 0 Å². The number of nitrogens with zero attached hydrogens (tertiary/aromatic N) is 2. The number of rotatable bonds is 3. The minimum absolute atomic E-state index is 0.173. The van der Waals surface area contributed by atoms with Crippen molar-refractivity contribution >= 4 is 11.6 Å². The van der Waals surface area contributed by atoms with E-state index in [-0.39, 0.29) is 17.2 Å². The second-order valence-corrected chi connectivity index (χ2v) is 4.25. The zero-order chi connectivity index (χ0) is 13.8. The predicted molar refractivity (Wildman–Crippen MR) is 70.8 cm³/mol. The largest absolute Gasteiger partial charge is 0.398 e. The minimum Gasteiger partial charge on any atom is -0.398 e. The van der Waals surface area contributed by atoms with E-state index in [1.807, 2.05) is 6.07 Å². The minimum atomic E-state index is -0.479. The van der Waals surface area contributed by atoms with Crippen LogP contribution in [0.1, 0.15) is 15.9 Å². The highest BCUT2D eigenvalue weighted by atomic mass is 19.1. The molecule has 0 atom stereocenters. The Labute approximate surface area is 110 Å². The van der Waals surface area contributed by atoms with Gasteiger partial charge < -0.3 is 10.6 Å². The molecule has 0 radical (unpaired) electrons. The molecular weight excluding hydrogens is 245 g/mol. The van der Waals surface area contributed by atoms with Gasteiger partial charge in [0.15, 0.2) is 0 Å². The summed E-state index contributed by atoms with van der Waals surface area (Å²) in [5.74, 6) is -0.798. The first kappa shape index (κ1) is 13.0. The SMILES string of the molecule is CN(Cc1cccnc1)C(=O)c1cc(F)ccc1N. The molecule has 0 unspecified atom stereocenters. The van der Waals surface area contributed by atoms with E-state index in [1.165, 1.54) is 17.0 Å². The van der Waals surface area contributed by atoms with E-state index in [1.54, 1.807) is 25.5 Å². The number of nitrogens with two attached hydrogens (primary N) is 1. The van der Waals surface area contributed by atoms with Crippen LogP contribution in [0, 0.1) is 5.82 Å². The summed E-state index contributed by atoms with van der Waals surface area (Å²) in [5, 5.41) is 0. The highest BCUT2D eigenvalue weighted by Gasteiger charge is 2.15. The maximum Gasteiger partial charge on any atom is 0.256 e. The first-order valence-corrected chi connectivity index (χ1v) is 5.77. The van der Waals surface area contributed by atoms with Crippen molar-refractivity contribution in [3.63, 3.8) is 0 Å². The molecule has 98 valence electrons. The number of anilines is 1. The Balaban J connectivity index is 2.17. The molecule has 1 aromatic heterocycles. The third-order valence-corrected chi connectivity index (χ3v) is 2.73. The fourth-order valence-electron chi connectivity index (χ4n) is 1.76. The van der Waals surface area contributed by atoms with Crippen LogP contribution >= 0.6 is 0 Å². The molecule has 0 saturated heterocycles. The molecule has 1 amide bonds. The van der Waals surface area contributed by atoms with Gasteiger partial charge in [-0.15, -0.1) is 0 Å². The molecule has 0 aliphatic carbocycles. The summed E-state index contributed by atoms with van der Waals surface area (Å²) in [4.78, 5) is 17.6. The Morgan fingerprint density at radius 3 is 2.89 bits per heavy atom. The van der Waals surface area contributed by atoms with Crippen LogP contribution in [0.15, 0.2) is 42.7 Å². The maximum atomic E-state index is 13.2. The molecule has 0 bridgehead atoms. The number of aromatic nitrogens is 1. The molecule has 0 aliphatic rings. The molecule has 0 spiro atoms. The van der Waals surface area contributed by atoms with Gasteiger partial charge >= 0.3 is 0 Å². The van der Waals surface area contributed by atoms with E-state index < -0.39 is 5.82 Å². The van der Waals surface area contributed by atoms with Crippen LogP contribution in [-0.2, 0) is 6.54 Å². The van der Waals surface area contributed by atoms with Crippen LogP contribution in [0.25, 0.3) is 0 Å². The van der Waals surface area contributed by atoms with Crippen molar-refractivity contribution < 1.29 is 9.18 Å². The average Bonchev–Trinajstić information content (AvgIpc) is 2.42. The van der Waals surface area contributed by atoms with E-state index in [2.05, 4.69) is 4.98 Å². The summed E-state index contributed by atoms with van der Waals surface area (Å²) >= 11 is 0. The second kappa shape index (κ2) is 5.48. The maximum absolute atomic E-state index is 13.2. The van der Waals surface area contributed by atoms with Gasteiger partial charge in [-0.1, -0.05) is 6.07 Å². The fraction of sp³-hybridized carbons (Fsp3) is 0.143. The highest BCUT2D eigenvalue weighted by molar-refractivity contribution is 5.98. The van der Waals surface area contributed by atoms with Gasteiger partial charge in [0.1, 0.15) is 5.82 Å². The summed E-state index contributed by atoms with van der Waals surface area (Å²) in [7, 11) is 1.64. The number of pyridine rings is 1. The van der Waals surface area contributed by atoms with E-state index in [0.717, 1.165) is 11.6 Å². The second-order valence-electron chi connectivity index (χ2n) is 4.25. The summed E-state index contributed by atoms with van der Waals surface area (Å²) in [5.41, 5.74) is 7.03. The number of hydrogen-bond donors (Lipinski definition) is 1. The van der Waals surface area contributed by atoms with Gasteiger partial charge in [0, 0.05) is 31.7 Å². The fourth-order valence-corrected chi connectivity index (χ4v) is 1.76. The average molecular weight is 259 g/mol. The molecule has 2 aromatic rings. The Morgan fingerprint density at radius 1 is 1.42 bits per heavy atom. The molecule has 1 heterocycles. The van der Waals surface area contributed by atoms with Gasteiger partial charge in [-0.25, -0.2) is 4.39 Å². The van der Waals surface area contributed by atoms with Crippen molar-refractivity contribution in [3.8, 4) is 0 Å². The lowest BCUT2D eigenvalue weighted by atomic mass is 10.1. The van der Waals surface area contributed by atoms with Crippen LogP contribution in [0.3, 0.4) is 0 Å². The smallest absolute Gasteiger partial charge is 0.256 e. The van der Waals surface area contributed by atoms with Crippen LogP contribution in [-0.4, -0.2) is 22.8 Å². The number of nitrogen functional groups attached to an aromatic ring is 1. The predicted octanol–water partition coefficient (Wildman–Crippen LogP) is 2.08. The lowest BCUT2D eigenvalue weighted by Crippen LogP contribution is -2.27. The number of hydrogen-bond acceptors (Lipinski definition) is 3. The standard InChI is InChI=1S/C14H14FN3O/c1-18(9-10-3-2-6-17-8-10)14(19)12-7-11(15)4-5-13(12)16/h2-8H,9,16H2,1H3. The first-order chi connectivity index (χ1) is 9.08. The lowest BCUT2D eigenvalue weighted by molar-refractivity contribution is 0.0785. The number of halogens is 1. The molecular formula is C14H14FN3O. The van der Waals surface area contributed by atoms with Gasteiger partial charge in [-0.05, 0) is 29.8 Å². The number of amides is 1. The van der Waals surface area contributed by atoms with E-state index in [0.29, 0.717) is 6.54 Å². The molecule has 2 rings (SSSR count). The van der Waals surface area contributed by atoms with Crippen molar-refractivity contribution in [1.29, 1.82) is 0 Å². The van der Waals surface area contributed by atoms with Crippen molar-refractivity contribution in [1.82, 2.24) is 9.88 Å². The highest BCUT2D eigenvalue weighted by Crippen LogP contribution is 2.16. The van der Waals surface area contributed by atoms with E-state index in [4.69, 9.17) is 5.73 Å². The Bertz CT molecular complexity index is 586. The van der Waals surface area contributed by atoms with Gasteiger partial charge in [0.05, 0.1) is 5.56 Å². The van der Waals surface area contributed by atoms with E-state index in [9.17, 15) is 9.18 Å². The molecule has 19 heavy (non-hydrogen) atoms. The van der Waals surface area contributed by atoms with Crippen LogP contribution in [0.4, 0.5) is 10.1 Å². The van der Waals surface area contributed by atoms with Crippen LogP contribution in [0.5, 0.6) is 0 Å². The number of carbonyl (C=O) groups excluding carboxylic acids is 1. The lowest BCUT2D eigenvalue weighted by Gasteiger charge is -2.18. The van der Waals surface area contributed by atoms with Gasteiger partial charge in [0.2, 0.25) is 0 Å². The molecule has 0 aliphatic heterocycles. The molecule has 4 nitrogen and oxygen atoms in total. The van der Waals surface area contributed by atoms with Crippen molar-refractivity contribution in [2.45, 2.75) is 6.54 Å². The topological polar surface area (TPSA) is 59.2 Å². The Kier molecular flexibility index (Phi) is 3.75. The molecule has 1 aromatic carbocycles. The Hall–Kier alpha value is -2.43. The van der Waals surface area contributed by atoms with Crippen LogP contribution < -0.4 is 5.73 Å². The van der Waals surface area contributed by atoms with Crippen LogP contribution in [0.2, 0.25) is 0 Å². The molecule has 5 heteroatoms. The third-order valence-electron chi connectivity index (χ3n) is 2.73. The zero-order valence-electron chi connectivity index (χ0n) is 10.5. The Morgan fingerprint density at radius 2 is 2.21 bits per heavy atom. The molecule has 0 saturated carbocycles. The molecule has 0 fully saturated rings. The first-order valence-electron chi connectivity index (χ1n) is 5.77.